The fraction of sp³-hybridized carbons (Fsp3) is 0.533. The Kier molecular flexibility index (Phi) is 6.26. The summed E-state index contributed by atoms with van der Waals surface area (Å²) >= 11 is 0. The molecule has 0 aliphatic rings. The molecule has 0 radical (unpaired) electrons. The molecule has 1 aromatic rings. The number of benzene rings is 1. The highest BCUT2D eigenvalue weighted by Gasteiger charge is 2.24. The normalized spacial score (nSPS) is 11.9. The Morgan fingerprint density at radius 3 is 2.50 bits per heavy atom. The molecule has 1 aromatic carbocycles. The van der Waals surface area contributed by atoms with E-state index in [2.05, 4.69) is 6.92 Å². The van der Waals surface area contributed by atoms with Crippen LogP contribution in [0.15, 0.2) is 24.3 Å². The SMILES string of the molecule is CCCC(C(=O)OCC)c1ccccc1OCC. The number of esters is 1. The number of ether oxygens (including phenoxy) is 2. The minimum atomic E-state index is -0.224. The zero-order valence-electron chi connectivity index (χ0n) is 11.4. The lowest BCUT2D eigenvalue weighted by atomic mass is 9.94. The standard InChI is InChI=1S/C15H22O3/c1-4-9-13(15(16)18-6-3)12-10-7-8-11-14(12)17-5-2/h7-8,10-11,13H,4-6,9H2,1-3H3. The predicted octanol–water partition coefficient (Wildman–Crippen LogP) is 3.53. The Morgan fingerprint density at radius 1 is 1.17 bits per heavy atom. The van der Waals surface area contributed by atoms with E-state index >= 15 is 0 Å². The number of carbonyl (C=O) groups excluding carboxylic acids is 1. The summed E-state index contributed by atoms with van der Waals surface area (Å²) in [5, 5.41) is 0. The number of hydrogen-bond donors (Lipinski definition) is 0. The molecule has 0 amide bonds. The molecule has 1 rings (SSSR count). The fourth-order valence-electron chi connectivity index (χ4n) is 1.99. The van der Waals surface area contributed by atoms with Crippen LogP contribution in [-0.2, 0) is 9.53 Å². The van der Waals surface area contributed by atoms with Crippen molar-refractivity contribution in [2.45, 2.75) is 39.5 Å². The highest BCUT2D eigenvalue weighted by atomic mass is 16.5. The third kappa shape index (κ3) is 3.76. The van der Waals surface area contributed by atoms with Crippen LogP contribution in [0.1, 0.15) is 45.1 Å². The molecule has 1 unspecified atom stereocenters. The van der Waals surface area contributed by atoms with Gasteiger partial charge in [0.2, 0.25) is 0 Å². The van der Waals surface area contributed by atoms with Crippen LogP contribution in [0.4, 0.5) is 0 Å². The number of rotatable bonds is 7. The van der Waals surface area contributed by atoms with E-state index < -0.39 is 0 Å². The second kappa shape index (κ2) is 7.75. The van der Waals surface area contributed by atoms with Gasteiger partial charge in [0.25, 0.3) is 0 Å². The second-order valence-corrected chi connectivity index (χ2v) is 4.06. The topological polar surface area (TPSA) is 35.5 Å². The van der Waals surface area contributed by atoms with Gasteiger partial charge in [-0.05, 0) is 26.3 Å². The predicted molar refractivity (Wildman–Crippen MR) is 71.9 cm³/mol. The van der Waals surface area contributed by atoms with Crippen LogP contribution >= 0.6 is 0 Å². The van der Waals surface area contributed by atoms with Crippen molar-refractivity contribution in [3.05, 3.63) is 29.8 Å². The largest absolute Gasteiger partial charge is 0.494 e. The van der Waals surface area contributed by atoms with Crippen molar-refractivity contribution in [2.24, 2.45) is 0 Å². The Bertz CT molecular complexity index is 374. The first-order valence-electron chi connectivity index (χ1n) is 6.62. The molecule has 3 heteroatoms. The Hall–Kier alpha value is -1.51. The third-order valence-corrected chi connectivity index (χ3v) is 2.74. The molecule has 0 aromatic heterocycles. The van der Waals surface area contributed by atoms with E-state index in [0.29, 0.717) is 13.2 Å². The van der Waals surface area contributed by atoms with Crippen LogP contribution in [0, 0.1) is 0 Å². The van der Waals surface area contributed by atoms with Crippen LogP contribution in [0.25, 0.3) is 0 Å². The highest BCUT2D eigenvalue weighted by Crippen LogP contribution is 2.31. The molecule has 0 aliphatic carbocycles. The Balaban J connectivity index is 3.00. The second-order valence-electron chi connectivity index (χ2n) is 4.06. The van der Waals surface area contributed by atoms with Gasteiger partial charge in [0.1, 0.15) is 5.75 Å². The molecule has 100 valence electrons. The summed E-state index contributed by atoms with van der Waals surface area (Å²) in [5.41, 5.74) is 0.930. The molecule has 0 spiro atoms. The summed E-state index contributed by atoms with van der Waals surface area (Å²) in [6.45, 7) is 6.84. The maximum Gasteiger partial charge on any atom is 0.313 e. The molecule has 0 fully saturated rings. The molecule has 0 aliphatic heterocycles. The first kappa shape index (κ1) is 14.6. The van der Waals surface area contributed by atoms with E-state index in [1.54, 1.807) is 0 Å². The maximum atomic E-state index is 12.0. The van der Waals surface area contributed by atoms with Crippen LogP contribution in [0.2, 0.25) is 0 Å². The van der Waals surface area contributed by atoms with Crippen molar-refractivity contribution in [1.82, 2.24) is 0 Å². The summed E-state index contributed by atoms with van der Waals surface area (Å²) < 4.78 is 10.7. The number of hydrogen-bond acceptors (Lipinski definition) is 3. The average Bonchev–Trinajstić information content (AvgIpc) is 2.37. The van der Waals surface area contributed by atoms with Gasteiger partial charge in [-0.2, -0.15) is 0 Å². The molecule has 0 saturated heterocycles. The Labute approximate surface area is 109 Å². The van der Waals surface area contributed by atoms with Crippen molar-refractivity contribution in [3.8, 4) is 5.75 Å². The van der Waals surface area contributed by atoms with Crippen molar-refractivity contribution in [2.75, 3.05) is 13.2 Å². The van der Waals surface area contributed by atoms with E-state index in [1.165, 1.54) is 0 Å². The van der Waals surface area contributed by atoms with Crippen molar-refractivity contribution in [1.29, 1.82) is 0 Å². The molecule has 0 N–H and O–H groups in total. The van der Waals surface area contributed by atoms with Crippen molar-refractivity contribution in [3.63, 3.8) is 0 Å². The summed E-state index contributed by atoms with van der Waals surface area (Å²) in [6, 6.07) is 7.70. The highest BCUT2D eigenvalue weighted by molar-refractivity contribution is 5.79. The monoisotopic (exact) mass is 250 g/mol. The minimum Gasteiger partial charge on any atom is -0.494 e. The number of para-hydroxylation sites is 1. The van der Waals surface area contributed by atoms with Crippen LogP contribution in [0.5, 0.6) is 5.75 Å². The Morgan fingerprint density at radius 2 is 1.89 bits per heavy atom. The average molecular weight is 250 g/mol. The summed E-state index contributed by atoms with van der Waals surface area (Å²) in [4.78, 5) is 12.0. The molecule has 18 heavy (non-hydrogen) atoms. The smallest absolute Gasteiger partial charge is 0.313 e. The van der Waals surface area contributed by atoms with Crippen LogP contribution in [0.3, 0.4) is 0 Å². The molecular formula is C15H22O3. The lowest BCUT2D eigenvalue weighted by Gasteiger charge is -2.18. The van der Waals surface area contributed by atoms with Crippen molar-refractivity contribution >= 4 is 5.97 Å². The molecule has 1 atom stereocenters. The van der Waals surface area contributed by atoms with Gasteiger partial charge in [0, 0.05) is 5.56 Å². The first-order chi connectivity index (χ1) is 8.74. The summed E-state index contributed by atoms with van der Waals surface area (Å²) in [6.07, 6.45) is 1.72. The van der Waals surface area contributed by atoms with Crippen LogP contribution in [-0.4, -0.2) is 19.2 Å². The number of carbonyl (C=O) groups is 1. The van der Waals surface area contributed by atoms with Gasteiger partial charge in [-0.3, -0.25) is 4.79 Å². The molecular weight excluding hydrogens is 228 g/mol. The van der Waals surface area contributed by atoms with Gasteiger partial charge in [-0.25, -0.2) is 0 Å². The van der Waals surface area contributed by atoms with Crippen molar-refractivity contribution < 1.29 is 14.3 Å². The van der Waals surface area contributed by atoms with E-state index in [4.69, 9.17) is 9.47 Å². The summed E-state index contributed by atoms with van der Waals surface area (Å²) in [5.74, 6) is 0.399. The van der Waals surface area contributed by atoms with Gasteiger partial charge in [0.15, 0.2) is 0 Å². The fourth-order valence-corrected chi connectivity index (χ4v) is 1.99. The van der Waals surface area contributed by atoms with Crippen LogP contribution < -0.4 is 4.74 Å². The first-order valence-corrected chi connectivity index (χ1v) is 6.62. The van der Waals surface area contributed by atoms with Gasteiger partial charge in [-0.15, -0.1) is 0 Å². The molecule has 3 nitrogen and oxygen atoms in total. The summed E-state index contributed by atoms with van der Waals surface area (Å²) in [7, 11) is 0. The van der Waals surface area contributed by atoms with Gasteiger partial charge in [-0.1, -0.05) is 31.5 Å². The van der Waals surface area contributed by atoms with E-state index in [-0.39, 0.29) is 11.9 Å². The third-order valence-electron chi connectivity index (χ3n) is 2.74. The van der Waals surface area contributed by atoms with Gasteiger partial charge in [0.05, 0.1) is 19.1 Å². The quantitative estimate of drug-likeness (QED) is 0.694. The molecule has 0 heterocycles. The lowest BCUT2D eigenvalue weighted by molar-refractivity contribution is -0.145. The maximum absolute atomic E-state index is 12.0. The molecule has 0 saturated carbocycles. The van der Waals surface area contributed by atoms with E-state index in [0.717, 1.165) is 24.2 Å². The van der Waals surface area contributed by atoms with Gasteiger partial charge < -0.3 is 9.47 Å². The zero-order chi connectivity index (χ0) is 13.4. The lowest BCUT2D eigenvalue weighted by Crippen LogP contribution is -2.17. The van der Waals surface area contributed by atoms with E-state index in [1.807, 2.05) is 38.1 Å². The molecule has 0 bridgehead atoms. The zero-order valence-corrected chi connectivity index (χ0v) is 11.4. The minimum absolute atomic E-state index is 0.161. The van der Waals surface area contributed by atoms with E-state index in [9.17, 15) is 4.79 Å². The van der Waals surface area contributed by atoms with Gasteiger partial charge >= 0.3 is 5.97 Å².